The second-order valence-corrected chi connectivity index (χ2v) is 3.62. The van der Waals surface area contributed by atoms with Crippen molar-refractivity contribution >= 4 is 0 Å². The fraction of sp³-hybridized carbons (Fsp3) is 1.00. The Morgan fingerprint density at radius 1 is 0.800 bits per heavy atom. The van der Waals surface area contributed by atoms with E-state index in [1.54, 1.807) is 0 Å². The van der Waals surface area contributed by atoms with Gasteiger partial charge in [0.2, 0.25) is 0 Å². The standard InChI is InChI=1S/C9H16F5N/c1-3-5-7(10,11)9(14,15)8(12,13)6-4-2/h3-6,15H2,1-2H3. The average molecular weight is 233 g/mol. The van der Waals surface area contributed by atoms with E-state index in [9.17, 15) is 22.0 Å². The van der Waals surface area contributed by atoms with Gasteiger partial charge in [0, 0.05) is 12.8 Å². The molecule has 0 bridgehead atoms. The smallest absolute Gasteiger partial charge is 0.289 e. The van der Waals surface area contributed by atoms with E-state index < -0.39 is 30.5 Å². The van der Waals surface area contributed by atoms with Crippen LogP contribution in [0.1, 0.15) is 39.5 Å². The molecule has 0 aliphatic carbocycles. The van der Waals surface area contributed by atoms with Crippen molar-refractivity contribution in [2.24, 2.45) is 5.73 Å². The number of halogens is 5. The van der Waals surface area contributed by atoms with E-state index >= 15 is 0 Å². The summed E-state index contributed by atoms with van der Waals surface area (Å²) in [7, 11) is 0. The Balaban J connectivity index is 4.93. The molecule has 0 amide bonds. The number of hydrogen-bond donors (Lipinski definition) is 1. The molecule has 0 aliphatic heterocycles. The minimum atomic E-state index is -4.27. The first-order valence-corrected chi connectivity index (χ1v) is 4.85. The number of hydrogen-bond acceptors (Lipinski definition) is 1. The second-order valence-electron chi connectivity index (χ2n) is 3.62. The van der Waals surface area contributed by atoms with Crippen molar-refractivity contribution in [3.63, 3.8) is 0 Å². The van der Waals surface area contributed by atoms with Gasteiger partial charge in [0.15, 0.2) is 0 Å². The molecule has 0 aliphatic rings. The molecule has 0 saturated carbocycles. The van der Waals surface area contributed by atoms with Crippen molar-refractivity contribution in [3.05, 3.63) is 0 Å². The van der Waals surface area contributed by atoms with E-state index in [1.165, 1.54) is 13.8 Å². The normalized spacial score (nSPS) is 14.4. The van der Waals surface area contributed by atoms with Crippen molar-refractivity contribution in [2.45, 2.75) is 57.2 Å². The third-order valence-corrected chi connectivity index (χ3v) is 2.19. The topological polar surface area (TPSA) is 26.0 Å². The van der Waals surface area contributed by atoms with Crippen LogP contribution in [0.5, 0.6) is 0 Å². The SMILES string of the molecule is CCCC(F)(F)C(N)(F)C(F)(F)CCC. The minimum Gasteiger partial charge on any atom is -0.289 e. The molecule has 0 atom stereocenters. The molecule has 0 aromatic rings. The first-order valence-electron chi connectivity index (χ1n) is 4.85. The number of nitrogens with two attached hydrogens (primary N) is 1. The molecular weight excluding hydrogens is 217 g/mol. The van der Waals surface area contributed by atoms with Crippen LogP contribution in [0, 0.1) is 0 Å². The zero-order valence-corrected chi connectivity index (χ0v) is 8.80. The Morgan fingerprint density at radius 3 is 1.27 bits per heavy atom. The van der Waals surface area contributed by atoms with Gasteiger partial charge >= 0.3 is 11.8 Å². The molecule has 15 heavy (non-hydrogen) atoms. The minimum absolute atomic E-state index is 0.113. The van der Waals surface area contributed by atoms with E-state index in [0.717, 1.165) is 0 Å². The highest BCUT2D eigenvalue weighted by Crippen LogP contribution is 2.44. The molecule has 0 spiro atoms. The third-order valence-electron chi connectivity index (χ3n) is 2.19. The van der Waals surface area contributed by atoms with Crippen LogP contribution < -0.4 is 5.73 Å². The Hall–Kier alpha value is -0.390. The van der Waals surface area contributed by atoms with Gasteiger partial charge < -0.3 is 0 Å². The highest BCUT2D eigenvalue weighted by molar-refractivity contribution is 4.99. The fourth-order valence-corrected chi connectivity index (χ4v) is 1.26. The summed E-state index contributed by atoms with van der Waals surface area (Å²) in [6.45, 7) is 2.70. The van der Waals surface area contributed by atoms with Crippen LogP contribution in [-0.4, -0.2) is 17.6 Å². The lowest BCUT2D eigenvalue weighted by atomic mass is 9.94. The van der Waals surface area contributed by atoms with Gasteiger partial charge in [0.25, 0.3) is 5.79 Å². The molecule has 0 fully saturated rings. The Kier molecular flexibility index (Phi) is 4.51. The predicted octanol–water partition coefficient (Wildman–Crippen LogP) is 3.48. The fourth-order valence-electron chi connectivity index (χ4n) is 1.26. The van der Waals surface area contributed by atoms with Gasteiger partial charge in [0.1, 0.15) is 0 Å². The number of rotatable bonds is 6. The van der Waals surface area contributed by atoms with E-state index in [2.05, 4.69) is 5.73 Å². The summed E-state index contributed by atoms with van der Waals surface area (Å²) in [4.78, 5) is 0. The Bertz CT molecular complexity index is 183. The van der Waals surface area contributed by atoms with Gasteiger partial charge in [-0.1, -0.05) is 26.7 Å². The molecular formula is C9H16F5N. The average Bonchev–Trinajstić information content (AvgIpc) is 2.03. The lowest BCUT2D eigenvalue weighted by Crippen LogP contribution is -2.63. The predicted molar refractivity (Wildman–Crippen MR) is 47.7 cm³/mol. The van der Waals surface area contributed by atoms with Gasteiger partial charge in [0.05, 0.1) is 0 Å². The van der Waals surface area contributed by atoms with Crippen molar-refractivity contribution in [1.29, 1.82) is 0 Å². The van der Waals surface area contributed by atoms with Crippen LogP contribution in [0.25, 0.3) is 0 Å². The highest BCUT2D eigenvalue weighted by Gasteiger charge is 2.66. The van der Waals surface area contributed by atoms with E-state index in [-0.39, 0.29) is 12.8 Å². The van der Waals surface area contributed by atoms with Gasteiger partial charge in [-0.25, -0.2) is 22.0 Å². The summed E-state index contributed by atoms with van der Waals surface area (Å²) < 4.78 is 65.5. The first-order chi connectivity index (χ1) is 6.62. The van der Waals surface area contributed by atoms with Crippen LogP contribution in [0.2, 0.25) is 0 Å². The molecule has 0 aromatic carbocycles. The van der Waals surface area contributed by atoms with Crippen LogP contribution in [0.15, 0.2) is 0 Å². The molecule has 0 radical (unpaired) electrons. The largest absolute Gasteiger partial charge is 0.300 e. The van der Waals surface area contributed by atoms with Gasteiger partial charge in [-0.15, -0.1) is 0 Å². The summed E-state index contributed by atoms with van der Waals surface area (Å²) in [5, 5.41) is 0. The lowest BCUT2D eigenvalue weighted by Gasteiger charge is -2.35. The monoisotopic (exact) mass is 233 g/mol. The summed E-state index contributed by atoms with van der Waals surface area (Å²) in [6.07, 6.45) is -2.20. The van der Waals surface area contributed by atoms with E-state index in [4.69, 9.17) is 0 Å². The van der Waals surface area contributed by atoms with Crippen molar-refractivity contribution in [1.82, 2.24) is 0 Å². The van der Waals surface area contributed by atoms with Crippen molar-refractivity contribution in [3.8, 4) is 0 Å². The van der Waals surface area contributed by atoms with Crippen molar-refractivity contribution in [2.75, 3.05) is 0 Å². The Labute approximate surface area is 85.8 Å². The molecule has 0 unspecified atom stereocenters. The third kappa shape index (κ3) is 2.80. The van der Waals surface area contributed by atoms with Gasteiger partial charge in [-0.2, -0.15) is 0 Å². The zero-order valence-electron chi connectivity index (χ0n) is 8.80. The first kappa shape index (κ1) is 14.6. The van der Waals surface area contributed by atoms with E-state index in [1.807, 2.05) is 0 Å². The van der Waals surface area contributed by atoms with E-state index in [0.29, 0.717) is 0 Å². The number of alkyl halides is 5. The molecule has 0 aromatic heterocycles. The molecule has 2 N–H and O–H groups in total. The van der Waals surface area contributed by atoms with Crippen LogP contribution in [-0.2, 0) is 0 Å². The van der Waals surface area contributed by atoms with Crippen molar-refractivity contribution < 1.29 is 22.0 Å². The highest BCUT2D eigenvalue weighted by atomic mass is 19.3. The molecule has 0 heterocycles. The van der Waals surface area contributed by atoms with Crippen LogP contribution in [0.4, 0.5) is 22.0 Å². The second kappa shape index (κ2) is 4.63. The van der Waals surface area contributed by atoms with Gasteiger partial charge in [-0.05, 0) is 0 Å². The van der Waals surface area contributed by atoms with Gasteiger partial charge in [-0.3, -0.25) is 5.73 Å². The molecule has 92 valence electrons. The molecule has 6 heteroatoms. The summed E-state index contributed by atoms with van der Waals surface area (Å²) in [5.74, 6) is -12.7. The quantitative estimate of drug-likeness (QED) is 0.551. The maximum atomic E-state index is 13.3. The maximum Gasteiger partial charge on any atom is 0.300 e. The Morgan fingerprint density at radius 2 is 1.07 bits per heavy atom. The van der Waals surface area contributed by atoms with Crippen LogP contribution in [0.3, 0.4) is 0 Å². The maximum absolute atomic E-state index is 13.3. The summed E-state index contributed by atoms with van der Waals surface area (Å²) in [5.41, 5.74) is 4.48. The zero-order chi connectivity index (χ0) is 12.3. The molecule has 0 saturated heterocycles. The lowest BCUT2D eigenvalue weighted by molar-refractivity contribution is -0.249. The molecule has 0 rings (SSSR count). The van der Waals surface area contributed by atoms with Crippen LogP contribution >= 0.6 is 0 Å². The summed E-state index contributed by atoms with van der Waals surface area (Å²) >= 11 is 0. The molecule has 1 nitrogen and oxygen atoms in total. The summed E-state index contributed by atoms with van der Waals surface area (Å²) in [6, 6.07) is 0.